The van der Waals surface area contributed by atoms with E-state index in [0.717, 1.165) is 40.4 Å². The van der Waals surface area contributed by atoms with Gasteiger partial charge in [0.2, 0.25) is 0 Å². The van der Waals surface area contributed by atoms with Crippen LogP contribution >= 0.6 is 0 Å². The summed E-state index contributed by atoms with van der Waals surface area (Å²) in [5, 5.41) is 12.2. The molecule has 29 heavy (non-hydrogen) atoms. The molecule has 0 aliphatic rings. The Hall–Kier alpha value is -3.54. The Morgan fingerprint density at radius 1 is 1.00 bits per heavy atom. The standard InChI is InChI=1S/C23H25N5O/c1-17-20-10-6-7-11-21(20)29-22(17)14-26-23(24-2)25-12-19-13-27-28(16-19)15-18-8-4-3-5-9-18/h3-11,13,16H,12,14-15H2,1-2H3,(H2,24,25,26). The molecule has 6 heteroatoms. The quantitative estimate of drug-likeness (QED) is 0.390. The summed E-state index contributed by atoms with van der Waals surface area (Å²) in [7, 11) is 1.76. The number of aliphatic imine (C=N–C) groups is 1. The van der Waals surface area contributed by atoms with Gasteiger partial charge in [0.05, 0.1) is 19.3 Å². The van der Waals surface area contributed by atoms with Crippen LogP contribution in [0.3, 0.4) is 0 Å². The average molecular weight is 387 g/mol. The normalized spacial score (nSPS) is 11.7. The summed E-state index contributed by atoms with van der Waals surface area (Å²) in [4.78, 5) is 4.30. The molecule has 2 aromatic heterocycles. The zero-order valence-corrected chi connectivity index (χ0v) is 16.7. The van der Waals surface area contributed by atoms with Gasteiger partial charge < -0.3 is 15.1 Å². The number of hydrogen-bond donors (Lipinski definition) is 2. The van der Waals surface area contributed by atoms with Gasteiger partial charge in [-0.05, 0) is 18.6 Å². The maximum absolute atomic E-state index is 5.96. The van der Waals surface area contributed by atoms with Crippen LogP contribution in [0.2, 0.25) is 0 Å². The molecule has 0 atom stereocenters. The minimum atomic E-state index is 0.577. The summed E-state index contributed by atoms with van der Waals surface area (Å²) in [5.74, 6) is 1.64. The maximum atomic E-state index is 5.96. The molecule has 0 saturated carbocycles. The van der Waals surface area contributed by atoms with E-state index in [4.69, 9.17) is 4.42 Å². The Balaban J connectivity index is 1.32. The molecule has 0 unspecified atom stereocenters. The van der Waals surface area contributed by atoms with Crippen LogP contribution in [0.4, 0.5) is 0 Å². The summed E-state index contributed by atoms with van der Waals surface area (Å²) in [5.41, 5.74) is 4.40. The third-order valence-corrected chi connectivity index (χ3v) is 4.92. The largest absolute Gasteiger partial charge is 0.459 e. The lowest BCUT2D eigenvalue weighted by atomic mass is 10.1. The Morgan fingerprint density at radius 3 is 2.55 bits per heavy atom. The van der Waals surface area contributed by atoms with Gasteiger partial charge >= 0.3 is 0 Å². The van der Waals surface area contributed by atoms with E-state index in [-0.39, 0.29) is 0 Å². The van der Waals surface area contributed by atoms with E-state index >= 15 is 0 Å². The number of aryl methyl sites for hydroxylation is 1. The molecule has 2 N–H and O–H groups in total. The Kier molecular flexibility index (Phi) is 5.61. The van der Waals surface area contributed by atoms with Crippen LogP contribution in [0.15, 0.2) is 76.4 Å². The Morgan fingerprint density at radius 2 is 1.76 bits per heavy atom. The van der Waals surface area contributed by atoms with Crippen molar-refractivity contribution in [2.75, 3.05) is 7.05 Å². The number of rotatable bonds is 6. The fourth-order valence-corrected chi connectivity index (χ4v) is 3.32. The first-order chi connectivity index (χ1) is 14.2. The Bertz CT molecular complexity index is 1110. The lowest BCUT2D eigenvalue weighted by molar-refractivity contribution is 0.534. The van der Waals surface area contributed by atoms with Gasteiger partial charge in [-0.2, -0.15) is 5.10 Å². The number of fused-ring (bicyclic) bond motifs is 1. The van der Waals surface area contributed by atoms with Crippen molar-refractivity contribution in [3.05, 3.63) is 89.4 Å². The highest BCUT2D eigenvalue weighted by Gasteiger charge is 2.10. The van der Waals surface area contributed by atoms with Gasteiger partial charge in [-0.1, -0.05) is 48.5 Å². The molecule has 0 bridgehead atoms. The summed E-state index contributed by atoms with van der Waals surface area (Å²) < 4.78 is 7.90. The minimum absolute atomic E-state index is 0.577. The summed E-state index contributed by atoms with van der Waals surface area (Å²) in [6, 6.07) is 18.4. The highest BCUT2D eigenvalue weighted by molar-refractivity contribution is 5.82. The lowest BCUT2D eigenvalue weighted by Gasteiger charge is -2.10. The fourth-order valence-electron chi connectivity index (χ4n) is 3.32. The van der Waals surface area contributed by atoms with E-state index in [9.17, 15) is 0 Å². The number of benzene rings is 2. The fraction of sp³-hybridized carbons (Fsp3) is 0.217. The van der Waals surface area contributed by atoms with Gasteiger partial charge in [0.15, 0.2) is 5.96 Å². The second kappa shape index (κ2) is 8.65. The van der Waals surface area contributed by atoms with E-state index < -0.39 is 0 Å². The van der Waals surface area contributed by atoms with E-state index in [2.05, 4.69) is 52.0 Å². The molecule has 0 aliphatic carbocycles. The number of furan rings is 1. The molecule has 0 amide bonds. The molecular weight excluding hydrogens is 362 g/mol. The first-order valence-corrected chi connectivity index (χ1v) is 9.69. The van der Waals surface area contributed by atoms with Crippen molar-refractivity contribution in [2.45, 2.75) is 26.6 Å². The Labute approximate surface area is 170 Å². The van der Waals surface area contributed by atoms with Gasteiger partial charge in [0.1, 0.15) is 11.3 Å². The SMILES string of the molecule is CN=C(NCc1cnn(Cc2ccccc2)c1)NCc1oc2ccccc2c1C. The molecule has 4 aromatic rings. The molecule has 0 radical (unpaired) electrons. The highest BCUT2D eigenvalue weighted by atomic mass is 16.3. The molecule has 0 aliphatic heterocycles. The van der Waals surface area contributed by atoms with Gasteiger partial charge in [-0.15, -0.1) is 0 Å². The predicted molar refractivity (Wildman–Crippen MR) is 116 cm³/mol. The number of nitrogens with zero attached hydrogens (tertiary/aromatic N) is 3. The monoisotopic (exact) mass is 387 g/mol. The second-order valence-corrected chi connectivity index (χ2v) is 6.96. The molecule has 6 nitrogen and oxygen atoms in total. The number of nitrogens with one attached hydrogen (secondary N) is 2. The van der Waals surface area contributed by atoms with Crippen molar-refractivity contribution in [1.82, 2.24) is 20.4 Å². The average Bonchev–Trinajstić information content (AvgIpc) is 3.33. The number of para-hydroxylation sites is 1. The molecule has 4 rings (SSSR count). The molecule has 0 spiro atoms. The van der Waals surface area contributed by atoms with Gasteiger partial charge in [0, 0.05) is 36.3 Å². The summed E-state index contributed by atoms with van der Waals surface area (Å²) >= 11 is 0. The van der Waals surface area contributed by atoms with E-state index in [1.54, 1.807) is 7.05 Å². The molecule has 0 fully saturated rings. The number of hydrogen-bond acceptors (Lipinski definition) is 3. The molecule has 2 aromatic carbocycles. The minimum Gasteiger partial charge on any atom is -0.459 e. The van der Waals surface area contributed by atoms with Crippen LogP contribution in [0.1, 0.15) is 22.5 Å². The van der Waals surface area contributed by atoms with Crippen molar-refractivity contribution >= 4 is 16.9 Å². The van der Waals surface area contributed by atoms with Crippen LogP contribution < -0.4 is 10.6 Å². The predicted octanol–water partition coefficient (Wildman–Crippen LogP) is 3.85. The van der Waals surface area contributed by atoms with Crippen molar-refractivity contribution < 1.29 is 4.42 Å². The number of aromatic nitrogens is 2. The number of guanidine groups is 1. The molecule has 148 valence electrons. The molecule has 0 saturated heterocycles. The lowest BCUT2D eigenvalue weighted by Crippen LogP contribution is -2.36. The van der Waals surface area contributed by atoms with Gasteiger partial charge in [-0.3, -0.25) is 9.67 Å². The van der Waals surface area contributed by atoms with Crippen LogP contribution in [0.25, 0.3) is 11.0 Å². The van der Waals surface area contributed by atoms with E-state index in [1.165, 1.54) is 5.56 Å². The van der Waals surface area contributed by atoms with E-state index in [1.807, 2.05) is 47.3 Å². The van der Waals surface area contributed by atoms with Crippen molar-refractivity contribution in [1.29, 1.82) is 0 Å². The summed E-state index contributed by atoms with van der Waals surface area (Å²) in [6.07, 6.45) is 3.93. The van der Waals surface area contributed by atoms with Crippen molar-refractivity contribution in [3.63, 3.8) is 0 Å². The summed E-state index contributed by atoms with van der Waals surface area (Å²) in [6.45, 7) is 4.07. The first-order valence-electron chi connectivity index (χ1n) is 9.69. The third kappa shape index (κ3) is 4.48. The molecule has 2 heterocycles. The maximum Gasteiger partial charge on any atom is 0.191 e. The van der Waals surface area contributed by atoms with Crippen LogP contribution in [0.5, 0.6) is 0 Å². The smallest absolute Gasteiger partial charge is 0.191 e. The molecular formula is C23H25N5O. The van der Waals surface area contributed by atoms with Crippen molar-refractivity contribution in [2.24, 2.45) is 4.99 Å². The van der Waals surface area contributed by atoms with Crippen LogP contribution in [0, 0.1) is 6.92 Å². The van der Waals surface area contributed by atoms with Gasteiger partial charge in [-0.25, -0.2) is 0 Å². The van der Waals surface area contributed by atoms with Crippen LogP contribution in [-0.2, 0) is 19.6 Å². The van der Waals surface area contributed by atoms with E-state index in [0.29, 0.717) is 13.1 Å². The second-order valence-electron chi connectivity index (χ2n) is 6.96. The zero-order chi connectivity index (χ0) is 20.1. The first kappa shape index (κ1) is 18.8. The zero-order valence-electron chi connectivity index (χ0n) is 16.7. The van der Waals surface area contributed by atoms with Crippen LogP contribution in [-0.4, -0.2) is 22.8 Å². The van der Waals surface area contributed by atoms with Crippen molar-refractivity contribution in [3.8, 4) is 0 Å². The topological polar surface area (TPSA) is 67.4 Å². The third-order valence-electron chi connectivity index (χ3n) is 4.92. The highest BCUT2D eigenvalue weighted by Crippen LogP contribution is 2.24. The van der Waals surface area contributed by atoms with Gasteiger partial charge in [0.25, 0.3) is 0 Å².